The zero-order valence-electron chi connectivity index (χ0n) is 9.63. The van der Waals surface area contributed by atoms with Crippen molar-refractivity contribution in [2.45, 2.75) is 4.90 Å². The molecule has 1 aromatic carbocycles. The highest BCUT2D eigenvalue weighted by Gasteiger charge is 2.20. The van der Waals surface area contributed by atoms with Gasteiger partial charge in [0.1, 0.15) is 4.90 Å². The van der Waals surface area contributed by atoms with Gasteiger partial charge in [0.25, 0.3) is 10.0 Å². The summed E-state index contributed by atoms with van der Waals surface area (Å²) in [4.78, 5) is 15.3. The van der Waals surface area contributed by atoms with Gasteiger partial charge in [-0.3, -0.25) is 5.32 Å². The number of thiazole rings is 1. The summed E-state index contributed by atoms with van der Waals surface area (Å²) in [6.07, 6.45) is 1.49. The molecule has 2 amide bonds. The smallest absolute Gasteiger partial charge is 0.283 e. The number of carbonyl (C=O) groups is 1. The Morgan fingerprint density at radius 2 is 2.05 bits per heavy atom. The summed E-state index contributed by atoms with van der Waals surface area (Å²) < 4.78 is 26.5. The Kier molecular flexibility index (Phi) is 4.63. The summed E-state index contributed by atoms with van der Waals surface area (Å²) in [5, 5.41) is 2.61. The summed E-state index contributed by atoms with van der Waals surface area (Å²) in [6.45, 7) is 0. The fourth-order valence-electron chi connectivity index (χ4n) is 1.27. The van der Waals surface area contributed by atoms with Crippen molar-refractivity contribution in [3.8, 4) is 0 Å². The molecule has 0 aliphatic carbocycles. The first-order chi connectivity index (χ1) is 9.38. The number of nitrogens with zero attached hydrogens (tertiary/aromatic N) is 1. The van der Waals surface area contributed by atoms with Crippen molar-refractivity contribution in [3.63, 3.8) is 0 Å². The predicted molar refractivity (Wildman–Crippen MR) is 80.6 cm³/mol. The summed E-state index contributed by atoms with van der Waals surface area (Å²) in [5.74, 6) is 0. The van der Waals surface area contributed by atoms with E-state index in [1.807, 2.05) is 4.72 Å². The van der Waals surface area contributed by atoms with E-state index in [-0.39, 0.29) is 15.0 Å². The highest BCUT2D eigenvalue weighted by molar-refractivity contribution is 9.11. The lowest BCUT2D eigenvalue weighted by molar-refractivity contribution is 0.256. The second kappa shape index (κ2) is 6.08. The van der Waals surface area contributed by atoms with Gasteiger partial charge in [0.2, 0.25) is 0 Å². The van der Waals surface area contributed by atoms with Crippen molar-refractivity contribution in [1.29, 1.82) is 0 Å². The van der Waals surface area contributed by atoms with Crippen molar-refractivity contribution in [2.75, 3.05) is 5.32 Å². The fourth-order valence-corrected chi connectivity index (χ4v) is 3.80. The Bertz CT molecular complexity index is 748. The monoisotopic (exact) mass is 395 g/mol. The van der Waals surface area contributed by atoms with E-state index in [2.05, 4.69) is 26.2 Å². The summed E-state index contributed by atoms with van der Waals surface area (Å²) in [7, 11) is -4.03. The molecule has 1 heterocycles. The van der Waals surface area contributed by atoms with Gasteiger partial charge in [-0.05, 0) is 28.1 Å². The first kappa shape index (κ1) is 15.2. The summed E-state index contributed by atoms with van der Waals surface area (Å²) in [6, 6.07) is 4.92. The van der Waals surface area contributed by atoms with Crippen LogP contribution >= 0.6 is 38.9 Å². The van der Waals surface area contributed by atoms with Crippen LogP contribution in [0.5, 0.6) is 0 Å². The molecule has 0 radical (unpaired) electrons. The van der Waals surface area contributed by atoms with Crippen LogP contribution in [-0.4, -0.2) is 19.4 Å². The first-order valence-electron chi connectivity index (χ1n) is 5.08. The number of benzene rings is 1. The minimum absolute atomic E-state index is 0.0322. The highest BCUT2D eigenvalue weighted by Crippen LogP contribution is 2.23. The van der Waals surface area contributed by atoms with Gasteiger partial charge in [-0.15, -0.1) is 0 Å². The van der Waals surface area contributed by atoms with Gasteiger partial charge in [-0.1, -0.05) is 35.1 Å². The topological polar surface area (TPSA) is 88.2 Å². The molecule has 2 aromatic rings. The zero-order valence-corrected chi connectivity index (χ0v) is 13.6. The number of halogens is 2. The van der Waals surface area contributed by atoms with E-state index in [0.717, 1.165) is 11.3 Å². The standard InChI is InChI=1S/C10H7BrClN3O3S2/c11-8-5-13-10(19-8)14-9(16)15-20(17,18)7-4-2-1-3-6(7)12/h1-5H,(H2,13,14,15,16). The molecule has 1 aromatic heterocycles. The number of hydrogen-bond acceptors (Lipinski definition) is 5. The van der Waals surface area contributed by atoms with Gasteiger partial charge in [0.15, 0.2) is 5.13 Å². The lowest BCUT2D eigenvalue weighted by Gasteiger charge is -2.08. The first-order valence-corrected chi connectivity index (χ1v) is 8.55. The Morgan fingerprint density at radius 3 is 2.65 bits per heavy atom. The van der Waals surface area contributed by atoms with Crippen LogP contribution in [0.1, 0.15) is 0 Å². The molecule has 106 valence electrons. The van der Waals surface area contributed by atoms with E-state index in [0.29, 0.717) is 3.79 Å². The van der Waals surface area contributed by atoms with Crippen molar-refractivity contribution in [2.24, 2.45) is 0 Å². The van der Waals surface area contributed by atoms with Gasteiger partial charge in [-0.25, -0.2) is 22.9 Å². The van der Waals surface area contributed by atoms with Gasteiger partial charge in [0.05, 0.1) is 15.0 Å². The van der Waals surface area contributed by atoms with Gasteiger partial charge in [0, 0.05) is 0 Å². The molecule has 0 saturated heterocycles. The number of nitrogens with one attached hydrogen (secondary N) is 2. The van der Waals surface area contributed by atoms with Crippen LogP contribution in [0.25, 0.3) is 0 Å². The second-order valence-electron chi connectivity index (χ2n) is 3.46. The molecule has 0 bridgehead atoms. The second-order valence-corrected chi connectivity index (χ2v) is 7.93. The molecular formula is C10H7BrClN3O3S2. The number of hydrogen-bond donors (Lipinski definition) is 2. The molecule has 2 rings (SSSR count). The number of urea groups is 1. The molecule has 20 heavy (non-hydrogen) atoms. The third-order valence-electron chi connectivity index (χ3n) is 2.05. The molecule has 0 fully saturated rings. The number of aromatic nitrogens is 1. The molecule has 10 heteroatoms. The van der Waals surface area contributed by atoms with Crippen LogP contribution < -0.4 is 10.0 Å². The van der Waals surface area contributed by atoms with Crippen LogP contribution in [0.15, 0.2) is 39.1 Å². The van der Waals surface area contributed by atoms with E-state index >= 15 is 0 Å². The van der Waals surface area contributed by atoms with Crippen molar-refractivity contribution >= 4 is 60.1 Å². The SMILES string of the molecule is O=C(Nc1ncc(Br)s1)NS(=O)(=O)c1ccccc1Cl. The molecule has 0 saturated carbocycles. The highest BCUT2D eigenvalue weighted by atomic mass is 79.9. The molecular weight excluding hydrogens is 390 g/mol. The summed E-state index contributed by atoms with van der Waals surface area (Å²) >= 11 is 10.1. The van der Waals surface area contributed by atoms with Crippen LogP contribution in [-0.2, 0) is 10.0 Å². The molecule has 0 atom stereocenters. The number of rotatable bonds is 3. The van der Waals surface area contributed by atoms with Crippen LogP contribution in [0, 0.1) is 0 Å². The molecule has 0 spiro atoms. The average molecular weight is 397 g/mol. The maximum absolute atomic E-state index is 12.0. The molecule has 6 nitrogen and oxygen atoms in total. The number of sulfonamides is 1. The molecule has 0 aliphatic rings. The fraction of sp³-hybridized carbons (Fsp3) is 0. The van der Waals surface area contributed by atoms with E-state index < -0.39 is 16.1 Å². The average Bonchev–Trinajstić information content (AvgIpc) is 2.74. The zero-order chi connectivity index (χ0) is 14.8. The van der Waals surface area contributed by atoms with E-state index in [1.54, 1.807) is 6.07 Å². The third-order valence-corrected chi connectivity index (χ3v) is 5.27. The Balaban J connectivity index is 2.13. The number of carbonyl (C=O) groups excluding carboxylic acids is 1. The van der Waals surface area contributed by atoms with Crippen LogP contribution in [0.3, 0.4) is 0 Å². The minimum atomic E-state index is -4.03. The van der Waals surface area contributed by atoms with Gasteiger partial charge >= 0.3 is 6.03 Å². The minimum Gasteiger partial charge on any atom is -0.283 e. The number of anilines is 1. The molecule has 0 unspecified atom stereocenters. The van der Waals surface area contributed by atoms with Gasteiger partial charge < -0.3 is 0 Å². The number of amides is 2. The third kappa shape index (κ3) is 3.69. The Morgan fingerprint density at radius 1 is 1.35 bits per heavy atom. The lowest BCUT2D eigenvalue weighted by atomic mass is 10.4. The quantitative estimate of drug-likeness (QED) is 0.834. The van der Waals surface area contributed by atoms with Crippen LogP contribution in [0.4, 0.5) is 9.93 Å². The molecule has 2 N–H and O–H groups in total. The van der Waals surface area contributed by atoms with Crippen molar-refractivity contribution < 1.29 is 13.2 Å². The normalized spacial score (nSPS) is 11.1. The van der Waals surface area contributed by atoms with Crippen LogP contribution in [0.2, 0.25) is 5.02 Å². The predicted octanol–water partition coefficient (Wildman–Crippen LogP) is 3.07. The lowest BCUT2D eigenvalue weighted by Crippen LogP contribution is -2.34. The van der Waals surface area contributed by atoms with Gasteiger partial charge in [-0.2, -0.15) is 0 Å². The Labute approximate surface area is 132 Å². The van der Waals surface area contributed by atoms with E-state index in [9.17, 15) is 13.2 Å². The van der Waals surface area contributed by atoms with E-state index in [1.165, 1.54) is 24.4 Å². The van der Waals surface area contributed by atoms with E-state index in [4.69, 9.17) is 11.6 Å². The van der Waals surface area contributed by atoms with Crippen molar-refractivity contribution in [1.82, 2.24) is 9.71 Å². The Hall–Kier alpha value is -1.16. The molecule has 0 aliphatic heterocycles. The summed E-state index contributed by atoms with van der Waals surface area (Å²) in [5.41, 5.74) is 0. The largest absolute Gasteiger partial charge is 0.334 e. The maximum atomic E-state index is 12.0. The maximum Gasteiger partial charge on any atom is 0.334 e. The van der Waals surface area contributed by atoms with Crippen molar-refractivity contribution in [3.05, 3.63) is 39.3 Å².